The van der Waals surface area contributed by atoms with Gasteiger partial charge in [-0.15, -0.1) is 0 Å². The fourth-order valence-electron chi connectivity index (χ4n) is 2.09. The van der Waals surface area contributed by atoms with Crippen molar-refractivity contribution in [1.29, 1.82) is 0 Å². The third-order valence-corrected chi connectivity index (χ3v) is 4.80. The lowest BCUT2D eigenvalue weighted by Gasteiger charge is -2.18. The van der Waals surface area contributed by atoms with Gasteiger partial charge in [0.05, 0.1) is 22.1 Å². The minimum atomic E-state index is -3.33. The Morgan fingerprint density at radius 3 is 2.80 bits per heavy atom. The van der Waals surface area contributed by atoms with Crippen molar-refractivity contribution in [2.24, 2.45) is 16.5 Å². The first-order chi connectivity index (χ1) is 9.34. The van der Waals surface area contributed by atoms with E-state index >= 15 is 0 Å². The molecule has 0 fully saturated rings. The molecule has 0 bridgehead atoms. The van der Waals surface area contributed by atoms with Crippen LogP contribution < -0.4 is 15.8 Å². The van der Waals surface area contributed by atoms with Crippen molar-refractivity contribution in [3.63, 3.8) is 0 Å². The summed E-state index contributed by atoms with van der Waals surface area (Å²) in [6, 6.07) is 5.45. The van der Waals surface area contributed by atoms with Crippen LogP contribution in [0.4, 0.5) is 11.4 Å². The third kappa shape index (κ3) is 2.80. The number of anilines is 1. The summed E-state index contributed by atoms with van der Waals surface area (Å²) in [6.07, 6.45) is 3.14. The molecule has 0 saturated carbocycles. The van der Waals surface area contributed by atoms with Crippen LogP contribution in [0.5, 0.6) is 0 Å². The Kier molecular flexibility index (Phi) is 4.05. The summed E-state index contributed by atoms with van der Waals surface area (Å²) in [5.41, 5.74) is 13.2. The van der Waals surface area contributed by atoms with Gasteiger partial charge in [-0.2, -0.15) is 0 Å². The van der Waals surface area contributed by atoms with Gasteiger partial charge in [0.1, 0.15) is 5.84 Å². The minimum Gasteiger partial charge on any atom is -0.404 e. The Labute approximate surface area is 126 Å². The highest BCUT2D eigenvalue weighted by Crippen LogP contribution is 2.38. The highest BCUT2D eigenvalue weighted by atomic mass is 79.9. The van der Waals surface area contributed by atoms with E-state index in [1.165, 1.54) is 16.8 Å². The van der Waals surface area contributed by atoms with Crippen LogP contribution >= 0.6 is 15.9 Å². The lowest BCUT2D eigenvalue weighted by atomic mass is 10.1. The lowest BCUT2D eigenvalue weighted by Crippen LogP contribution is -2.27. The van der Waals surface area contributed by atoms with Gasteiger partial charge in [0.25, 0.3) is 0 Å². The number of hydrogen-bond donors (Lipinski definition) is 2. The lowest BCUT2D eigenvalue weighted by molar-refractivity contribution is 0.598. The summed E-state index contributed by atoms with van der Waals surface area (Å²) in [6.45, 7) is 0.425. The van der Waals surface area contributed by atoms with Gasteiger partial charge in [-0.05, 0) is 34.0 Å². The Balaban J connectivity index is 2.56. The van der Waals surface area contributed by atoms with Crippen LogP contribution in [-0.2, 0) is 16.4 Å². The highest BCUT2D eigenvalue weighted by Gasteiger charge is 2.28. The number of fused-ring (bicyclic) bond motifs is 1. The maximum atomic E-state index is 11.8. The van der Waals surface area contributed by atoms with E-state index in [-0.39, 0.29) is 5.84 Å². The molecule has 108 valence electrons. The van der Waals surface area contributed by atoms with Crippen molar-refractivity contribution in [2.75, 3.05) is 17.1 Å². The zero-order valence-corrected chi connectivity index (χ0v) is 13.3. The molecule has 1 aromatic rings. The summed E-state index contributed by atoms with van der Waals surface area (Å²) >= 11 is 3.18. The smallest absolute Gasteiger partial charge is 0.232 e. The number of sulfonamides is 1. The zero-order valence-electron chi connectivity index (χ0n) is 10.9. The molecule has 0 unspecified atom stereocenters. The maximum Gasteiger partial charge on any atom is 0.232 e. The first kappa shape index (κ1) is 14.9. The van der Waals surface area contributed by atoms with E-state index in [4.69, 9.17) is 11.5 Å². The summed E-state index contributed by atoms with van der Waals surface area (Å²) in [4.78, 5) is 4.26. The van der Waals surface area contributed by atoms with E-state index in [0.29, 0.717) is 28.8 Å². The second kappa shape index (κ2) is 5.45. The monoisotopic (exact) mass is 358 g/mol. The Morgan fingerprint density at radius 2 is 2.20 bits per heavy atom. The zero-order chi connectivity index (χ0) is 14.9. The number of halogens is 1. The predicted molar refractivity (Wildman–Crippen MR) is 84.8 cm³/mol. The summed E-state index contributed by atoms with van der Waals surface area (Å²) in [5.74, 6) is 0.196. The van der Waals surface area contributed by atoms with Crippen molar-refractivity contribution >= 4 is 43.2 Å². The quantitative estimate of drug-likeness (QED) is 0.625. The second-order valence-corrected chi connectivity index (χ2v) is 7.14. The molecule has 0 amide bonds. The van der Waals surface area contributed by atoms with Crippen LogP contribution in [0.25, 0.3) is 0 Å². The summed E-state index contributed by atoms with van der Waals surface area (Å²) in [5, 5.41) is 0. The van der Waals surface area contributed by atoms with Gasteiger partial charge in [-0.3, -0.25) is 4.31 Å². The molecule has 0 radical (unpaired) electrons. The van der Waals surface area contributed by atoms with Gasteiger partial charge in [0.15, 0.2) is 0 Å². The average molecular weight is 359 g/mol. The molecule has 1 heterocycles. The van der Waals surface area contributed by atoms with Crippen molar-refractivity contribution in [2.45, 2.75) is 6.42 Å². The molecule has 1 aliphatic heterocycles. The number of hydrogen-bond acceptors (Lipinski definition) is 4. The molecule has 2 rings (SSSR count). The minimum absolute atomic E-state index is 0.196. The molecular weight excluding hydrogens is 344 g/mol. The molecule has 6 nitrogen and oxygen atoms in total. The predicted octanol–water partition coefficient (Wildman–Crippen LogP) is 1.19. The van der Waals surface area contributed by atoms with E-state index in [1.807, 2.05) is 12.1 Å². The van der Waals surface area contributed by atoms with Crippen LogP contribution in [0.3, 0.4) is 0 Å². The summed E-state index contributed by atoms with van der Waals surface area (Å²) < 4.78 is 25.5. The molecule has 0 saturated heterocycles. The summed E-state index contributed by atoms with van der Waals surface area (Å²) in [7, 11) is -3.33. The van der Waals surface area contributed by atoms with Gasteiger partial charge < -0.3 is 11.5 Å². The van der Waals surface area contributed by atoms with Crippen LogP contribution in [0.1, 0.15) is 5.56 Å². The number of amidine groups is 1. The molecule has 8 heteroatoms. The van der Waals surface area contributed by atoms with Gasteiger partial charge in [-0.25, -0.2) is 13.4 Å². The van der Waals surface area contributed by atoms with E-state index in [1.54, 1.807) is 6.07 Å². The van der Waals surface area contributed by atoms with Gasteiger partial charge in [0, 0.05) is 12.7 Å². The van der Waals surface area contributed by atoms with Crippen LogP contribution in [0.2, 0.25) is 0 Å². The van der Waals surface area contributed by atoms with Gasteiger partial charge in [-0.1, -0.05) is 12.1 Å². The van der Waals surface area contributed by atoms with E-state index in [0.717, 1.165) is 5.56 Å². The number of nitrogens with zero attached hydrogens (tertiary/aromatic N) is 2. The third-order valence-electron chi connectivity index (χ3n) is 2.96. The molecule has 0 aromatic heterocycles. The number of para-hydroxylation sites is 1. The topological polar surface area (TPSA) is 102 Å². The molecule has 4 N–H and O–H groups in total. The molecule has 0 atom stereocenters. The normalized spacial score (nSPS) is 16.4. The Hall–Kier alpha value is -1.54. The highest BCUT2D eigenvalue weighted by molar-refractivity contribution is 9.12. The van der Waals surface area contributed by atoms with E-state index in [9.17, 15) is 8.42 Å². The van der Waals surface area contributed by atoms with Crippen molar-refractivity contribution < 1.29 is 8.42 Å². The van der Waals surface area contributed by atoms with Crippen LogP contribution in [-0.4, -0.2) is 27.1 Å². The maximum absolute atomic E-state index is 11.8. The first-order valence-electron chi connectivity index (χ1n) is 5.86. The number of nitrogens with two attached hydrogens (primary N) is 2. The number of rotatable bonds is 3. The standard InChI is InChI=1S/C12H15BrN4O2S/c1-20(18,19)17-6-5-8-3-2-4-10(11(8)17)16-12(15)9(13)7-14/h2-4,7H,5-6,14H2,1H3,(H2,15,16)/b9-7+. The number of aliphatic imine (C=N–C) groups is 1. The fourth-order valence-corrected chi connectivity index (χ4v) is 3.15. The SMILES string of the molecule is CS(=O)(=O)N1CCc2cccc(N=C(N)/C(Br)=C\N)c21. The fraction of sp³-hybridized carbons (Fsp3) is 0.250. The van der Waals surface area contributed by atoms with Gasteiger partial charge >= 0.3 is 0 Å². The first-order valence-corrected chi connectivity index (χ1v) is 8.50. The van der Waals surface area contributed by atoms with Crippen molar-refractivity contribution in [1.82, 2.24) is 0 Å². The molecule has 20 heavy (non-hydrogen) atoms. The molecule has 0 aliphatic carbocycles. The van der Waals surface area contributed by atoms with E-state index < -0.39 is 10.0 Å². The second-order valence-electron chi connectivity index (χ2n) is 4.38. The van der Waals surface area contributed by atoms with E-state index in [2.05, 4.69) is 20.9 Å². The molecule has 1 aromatic carbocycles. The molecule has 1 aliphatic rings. The van der Waals surface area contributed by atoms with Crippen molar-refractivity contribution in [3.8, 4) is 0 Å². The van der Waals surface area contributed by atoms with Crippen LogP contribution in [0.15, 0.2) is 33.9 Å². The number of benzene rings is 1. The van der Waals surface area contributed by atoms with Crippen molar-refractivity contribution in [3.05, 3.63) is 34.4 Å². The Morgan fingerprint density at radius 1 is 1.50 bits per heavy atom. The van der Waals surface area contributed by atoms with Crippen LogP contribution in [0, 0.1) is 0 Å². The molecule has 0 spiro atoms. The van der Waals surface area contributed by atoms with Gasteiger partial charge in [0.2, 0.25) is 10.0 Å². The molecular formula is C12H15BrN4O2S. The average Bonchev–Trinajstić information content (AvgIpc) is 2.82. The Bertz CT molecular complexity index is 697. The largest absolute Gasteiger partial charge is 0.404 e.